The molecule has 4 aliphatic heterocycles. The zero-order valence-corrected chi connectivity index (χ0v) is 37.0. The molecule has 3 saturated heterocycles. The van der Waals surface area contributed by atoms with Gasteiger partial charge in [-0.05, 0) is 86.9 Å². The third kappa shape index (κ3) is 9.60. The number of aromatic nitrogens is 2. The number of hydrogen-bond donors (Lipinski definition) is 3. The van der Waals surface area contributed by atoms with E-state index in [1.807, 2.05) is 59.5 Å². The summed E-state index contributed by atoms with van der Waals surface area (Å²) in [5, 5.41) is 9.90. The van der Waals surface area contributed by atoms with E-state index in [-0.39, 0.29) is 24.1 Å². The summed E-state index contributed by atoms with van der Waals surface area (Å²) in [6, 6.07) is 19.1. The van der Waals surface area contributed by atoms with Crippen LogP contribution in [0.25, 0.3) is 0 Å². The quantitative estimate of drug-likeness (QED) is 0.110. The number of nitrogens with one attached hydrogen (secondary N) is 3. The maximum absolute atomic E-state index is 13.2. The van der Waals surface area contributed by atoms with Crippen molar-refractivity contribution < 1.29 is 28.5 Å². The highest BCUT2D eigenvalue weighted by Crippen LogP contribution is 2.39. The highest BCUT2D eigenvalue weighted by Gasteiger charge is 2.39. The summed E-state index contributed by atoms with van der Waals surface area (Å²) in [5.41, 5.74) is 5.01. The molecule has 0 saturated carbocycles. The monoisotopic (exact) mass is 881 g/mol. The number of piperidine rings is 2. The summed E-state index contributed by atoms with van der Waals surface area (Å²) >= 11 is 6.48. The number of nitrogens with zero attached hydrogens (tertiary/aromatic N) is 6. The Balaban J connectivity index is 0.782. The lowest BCUT2D eigenvalue weighted by molar-refractivity contribution is -0.137. The topological polar surface area (TPSA) is 169 Å². The Morgan fingerprint density at radius 3 is 2.45 bits per heavy atom. The van der Waals surface area contributed by atoms with Crippen molar-refractivity contribution in [2.45, 2.75) is 63.6 Å². The molecule has 3 fully saturated rings. The number of ether oxygens (including phenoxy) is 1. The molecular formula is C45H53ClN9O6P. The lowest BCUT2D eigenvalue weighted by Crippen LogP contribution is -2.54. The van der Waals surface area contributed by atoms with Gasteiger partial charge in [-0.15, -0.1) is 0 Å². The molecule has 0 spiro atoms. The summed E-state index contributed by atoms with van der Waals surface area (Å²) < 4.78 is 18.7. The van der Waals surface area contributed by atoms with Gasteiger partial charge in [-0.1, -0.05) is 35.9 Å². The van der Waals surface area contributed by atoms with Crippen LogP contribution in [0.5, 0.6) is 5.75 Å². The standard InChI is InChI=1S/C45H53ClN9O6P/c1-61-38-26-32(12-14-35(38)49-45-47-27-34(46)42(51-45)48-36-8-4-5-9-39(36)62(2,3)60)52-19-17-31(18-20-52)53-21-23-54(24-22-53)41(57)10-6-7-29-11-13-33-30(25-29)28-55(44(33)59)37-15-16-40(56)50-43(37)58/h4-5,8-9,11-14,25-27,31,37H,6-7,10,15-24,28H2,1-3H3,(H,50,56,58)(H2,47,48,49,51). The van der Waals surface area contributed by atoms with E-state index < -0.39 is 19.1 Å². The van der Waals surface area contributed by atoms with Gasteiger partial charge in [0.1, 0.15) is 24.0 Å². The SMILES string of the molecule is COc1cc(N2CCC(N3CCN(C(=O)CCCc4ccc5c(c4)CN(C4CCC(=O)NC4=O)C5=O)CC3)CC2)ccc1Nc1ncc(Cl)c(Nc2ccccc2P(C)(C)=O)n1. The largest absolute Gasteiger partial charge is 0.494 e. The number of carbonyl (C=O) groups is 4. The number of para-hydroxylation sites is 1. The van der Waals surface area contributed by atoms with Gasteiger partial charge in [0.25, 0.3) is 5.91 Å². The molecule has 62 heavy (non-hydrogen) atoms. The van der Waals surface area contributed by atoms with Gasteiger partial charge in [-0.25, -0.2) is 4.98 Å². The molecule has 17 heteroatoms. The van der Waals surface area contributed by atoms with Gasteiger partial charge in [0.2, 0.25) is 23.7 Å². The molecular weight excluding hydrogens is 829 g/mol. The molecule has 8 rings (SSSR count). The van der Waals surface area contributed by atoms with E-state index in [2.05, 4.69) is 41.8 Å². The summed E-state index contributed by atoms with van der Waals surface area (Å²) in [6.07, 6.45) is 6.05. The van der Waals surface area contributed by atoms with E-state index >= 15 is 0 Å². The highest BCUT2D eigenvalue weighted by atomic mass is 35.5. The maximum Gasteiger partial charge on any atom is 0.255 e. The van der Waals surface area contributed by atoms with E-state index in [4.69, 9.17) is 16.3 Å². The Kier molecular flexibility index (Phi) is 12.9. The average molecular weight is 882 g/mol. The molecule has 0 radical (unpaired) electrons. The lowest BCUT2D eigenvalue weighted by Gasteiger charge is -2.43. The van der Waals surface area contributed by atoms with Crippen molar-refractivity contribution in [3.05, 3.63) is 88.6 Å². The van der Waals surface area contributed by atoms with Crippen molar-refractivity contribution in [1.82, 2.24) is 30.0 Å². The Morgan fingerprint density at radius 2 is 1.71 bits per heavy atom. The number of methoxy groups -OCH3 is 1. The number of aryl methyl sites for hydroxylation is 1. The smallest absolute Gasteiger partial charge is 0.255 e. The highest BCUT2D eigenvalue weighted by molar-refractivity contribution is 7.70. The second-order valence-electron chi connectivity index (χ2n) is 16.8. The first-order chi connectivity index (χ1) is 29.8. The number of imide groups is 1. The maximum atomic E-state index is 13.2. The molecule has 5 heterocycles. The van der Waals surface area contributed by atoms with Crippen molar-refractivity contribution in [2.75, 3.05) is 75.2 Å². The van der Waals surface area contributed by atoms with E-state index in [1.165, 1.54) is 6.20 Å². The fourth-order valence-corrected chi connectivity index (χ4v) is 10.3. The number of anilines is 5. The Labute approximate surface area is 366 Å². The van der Waals surface area contributed by atoms with Crippen LogP contribution in [-0.4, -0.2) is 120 Å². The molecule has 4 amide bonds. The van der Waals surface area contributed by atoms with Crippen LogP contribution in [0.1, 0.15) is 60.0 Å². The Bertz CT molecular complexity index is 2410. The zero-order valence-electron chi connectivity index (χ0n) is 35.4. The van der Waals surface area contributed by atoms with Crippen molar-refractivity contribution in [1.29, 1.82) is 0 Å². The van der Waals surface area contributed by atoms with Crippen molar-refractivity contribution in [2.24, 2.45) is 0 Å². The fraction of sp³-hybridized carbons (Fsp3) is 0.422. The molecule has 1 unspecified atom stereocenters. The molecule has 15 nitrogen and oxygen atoms in total. The fourth-order valence-electron chi connectivity index (χ4n) is 9.00. The minimum Gasteiger partial charge on any atom is -0.494 e. The molecule has 0 aliphatic carbocycles. The summed E-state index contributed by atoms with van der Waals surface area (Å²) in [4.78, 5) is 67.8. The number of fused-ring (bicyclic) bond motifs is 1. The van der Waals surface area contributed by atoms with Crippen LogP contribution in [0.4, 0.5) is 28.8 Å². The molecule has 0 bridgehead atoms. The van der Waals surface area contributed by atoms with Gasteiger partial charge in [0.15, 0.2) is 5.82 Å². The van der Waals surface area contributed by atoms with Crippen LogP contribution in [0, 0.1) is 0 Å². The van der Waals surface area contributed by atoms with Crippen molar-refractivity contribution in [3.63, 3.8) is 0 Å². The second kappa shape index (κ2) is 18.5. The molecule has 3 N–H and O–H groups in total. The van der Waals surface area contributed by atoms with Gasteiger partial charge in [0, 0.05) is 87.3 Å². The molecule has 1 atom stereocenters. The first-order valence-electron chi connectivity index (χ1n) is 21.3. The van der Waals surface area contributed by atoms with Gasteiger partial charge in [-0.3, -0.25) is 29.4 Å². The summed E-state index contributed by atoms with van der Waals surface area (Å²) in [7, 11) is -0.916. The number of rotatable bonds is 13. The molecule has 4 aromatic rings. The van der Waals surface area contributed by atoms with Crippen molar-refractivity contribution in [3.8, 4) is 5.75 Å². The van der Waals surface area contributed by atoms with Crippen LogP contribution >= 0.6 is 18.7 Å². The normalized spacial score (nSPS) is 18.7. The molecule has 1 aromatic heterocycles. The average Bonchev–Trinajstić information content (AvgIpc) is 3.59. The predicted molar refractivity (Wildman–Crippen MR) is 241 cm³/mol. The van der Waals surface area contributed by atoms with E-state index in [0.29, 0.717) is 70.2 Å². The Morgan fingerprint density at radius 1 is 0.935 bits per heavy atom. The minimum absolute atomic E-state index is 0.177. The molecule has 4 aliphatic rings. The number of amides is 4. The Hall–Kier alpha value is -5.50. The van der Waals surface area contributed by atoms with Gasteiger partial charge < -0.3 is 34.6 Å². The second-order valence-corrected chi connectivity index (χ2v) is 20.4. The van der Waals surface area contributed by atoms with Crippen LogP contribution in [0.15, 0.2) is 66.9 Å². The van der Waals surface area contributed by atoms with Gasteiger partial charge in [-0.2, -0.15) is 4.98 Å². The van der Waals surface area contributed by atoms with E-state index in [9.17, 15) is 23.7 Å². The zero-order chi connectivity index (χ0) is 43.5. The lowest BCUT2D eigenvalue weighted by atomic mass is 10.0. The van der Waals surface area contributed by atoms with Crippen LogP contribution in [0.3, 0.4) is 0 Å². The number of benzene rings is 3. The van der Waals surface area contributed by atoms with Crippen LogP contribution in [-0.2, 0) is 31.9 Å². The van der Waals surface area contributed by atoms with Gasteiger partial charge in [0.05, 0.1) is 24.7 Å². The molecule has 326 valence electrons. The van der Waals surface area contributed by atoms with E-state index in [1.54, 1.807) is 25.3 Å². The van der Waals surface area contributed by atoms with E-state index in [0.717, 1.165) is 81.8 Å². The predicted octanol–water partition coefficient (Wildman–Crippen LogP) is 5.77. The summed E-state index contributed by atoms with van der Waals surface area (Å²) in [6.45, 7) is 8.80. The number of halogens is 1. The third-order valence-electron chi connectivity index (χ3n) is 12.4. The minimum atomic E-state index is -2.56. The first kappa shape index (κ1) is 43.2. The first-order valence-corrected chi connectivity index (χ1v) is 24.2. The van der Waals surface area contributed by atoms with Crippen molar-refractivity contribution >= 4 is 76.5 Å². The summed E-state index contributed by atoms with van der Waals surface area (Å²) in [5.74, 6) is 0.669. The number of hydrogen-bond acceptors (Lipinski definition) is 12. The van der Waals surface area contributed by atoms with Crippen LogP contribution < -0.4 is 30.9 Å². The number of piperazine rings is 1. The number of carbonyl (C=O) groups excluding carboxylic acids is 4. The molecule has 3 aromatic carbocycles. The van der Waals surface area contributed by atoms with Gasteiger partial charge >= 0.3 is 0 Å². The third-order valence-corrected chi connectivity index (χ3v) is 14.2. The van der Waals surface area contributed by atoms with Crippen LogP contribution in [0.2, 0.25) is 5.02 Å².